The van der Waals surface area contributed by atoms with Gasteiger partial charge in [-0.3, -0.25) is 14.2 Å². The molecular weight excluding hydrogens is 461 g/mol. The van der Waals surface area contributed by atoms with Crippen LogP contribution in [0.1, 0.15) is 23.2 Å². The fraction of sp³-hybridized carbons (Fsp3) is 0.214. The zero-order chi connectivity index (χ0) is 25.2. The number of hydrogen-bond acceptors (Lipinski definition) is 5. The fourth-order valence-corrected chi connectivity index (χ4v) is 4.61. The first-order chi connectivity index (χ1) is 17.5. The molecule has 184 valence electrons. The maximum absolute atomic E-state index is 14.9. The Balaban J connectivity index is 1.61. The van der Waals surface area contributed by atoms with Crippen molar-refractivity contribution in [3.05, 3.63) is 88.5 Å². The topological polar surface area (TPSA) is 95.6 Å². The molecule has 0 radical (unpaired) electrons. The van der Waals surface area contributed by atoms with Crippen molar-refractivity contribution in [3.63, 3.8) is 0 Å². The monoisotopic (exact) mass is 487 g/mol. The van der Waals surface area contributed by atoms with E-state index in [1.165, 1.54) is 10.6 Å². The van der Waals surface area contributed by atoms with E-state index in [2.05, 4.69) is 5.32 Å². The zero-order valence-corrected chi connectivity index (χ0v) is 19.8. The Morgan fingerprint density at radius 2 is 1.92 bits per heavy atom. The number of nitrogens with zero attached hydrogens (tertiary/aromatic N) is 1. The van der Waals surface area contributed by atoms with Crippen molar-refractivity contribution in [2.24, 2.45) is 0 Å². The van der Waals surface area contributed by atoms with E-state index < -0.39 is 5.82 Å². The van der Waals surface area contributed by atoms with Gasteiger partial charge in [0.15, 0.2) is 0 Å². The van der Waals surface area contributed by atoms with E-state index in [-0.39, 0.29) is 29.9 Å². The molecule has 1 fully saturated rings. The van der Waals surface area contributed by atoms with Gasteiger partial charge in [-0.05, 0) is 60.7 Å². The summed E-state index contributed by atoms with van der Waals surface area (Å²) in [5.74, 6) is 0.0524. The highest BCUT2D eigenvalue weighted by molar-refractivity contribution is 6.07. The maximum Gasteiger partial charge on any atom is 0.260 e. The number of carbonyl (C=O) groups is 1. The number of benzene rings is 3. The quantitative estimate of drug-likeness (QED) is 0.406. The number of halogens is 1. The molecule has 36 heavy (non-hydrogen) atoms. The van der Waals surface area contributed by atoms with Gasteiger partial charge < -0.3 is 20.5 Å². The third kappa shape index (κ3) is 4.43. The summed E-state index contributed by atoms with van der Waals surface area (Å²) >= 11 is 0. The highest BCUT2D eigenvalue weighted by atomic mass is 19.1. The number of nitrogen functional groups attached to an aromatic ring is 1. The van der Waals surface area contributed by atoms with E-state index in [0.717, 1.165) is 12.8 Å². The minimum atomic E-state index is -0.440. The maximum atomic E-state index is 14.9. The normalized spacial score (nSPS) is 15.2. The largest absolute Gasteiger partial charge is 0.497 e. The number of nitrogens with two attached hydrogens (primary N) is 1. The molecule has 0 unspecified atom stereocenters. The zero-order valence-electron chi connectivity index (χ0n) is 19.8. The van der Waals surface area contributed by atoms with E-state index in [4.69, 9.17) is 15.2 Å². The summed E-state index contributed by atoms with van der Waals surface area (Å²) in [7, 11) is 1.55. The van der Waals surface area contributed by atoms with E-state index in [1.54, 1.807) is 67.8 Å². The molecule has 7 nitrogen and oxygen atoms in total. The standard InChI is InChI=1S/C28H26FN3O4/c1-35-19-11-8-17(9-12-19)27(33)31-18-10-13-21-23(15-18)28(34)32(16-20-5-4-14-36-20)26(30)25(21)22-6-2-3-7-24(22)29/h2-3,6-13,15,20H,4-5,14,16,30H2,1H3,(H,31,33)/t20-/m0/s1. The van der Waals surface area contributed by atoms with Crippen LogP contribution in [-0.4, -0.2) is 30.3 Å². The van der Waals surface area contributed by atoms with Crippen molar-refractivity contribution >= 4 is 28.2 Å². The molecule has 0 bridgehead atoms. The first-order valence-electron chi connectivity index (χ1n) is 11.7. The average molecular weight is 488 g/mol. The number of amides is 1. The van der Waals surface area contributed by atoms with E-state index in [1.807, 2.05) is 0 Å². The summed E-state index contributed by atoms with van der Waals surface area (Å²) in [6, 6.07) is 18.0. The summed E-state index contributed by atoms with van der Waals surface area (Å²) in [5.41, 5.74) is 7.81. The number of pyridine rings is 1. The highest BCUT2D eigenvalue weighted by Gasteiger charge is 2.23. The Hall–Kier alpha value is -4.17. The summed E-state index contributed by atoms with van der Waals surface area (Å²) in [5, 5.41) is 3.67. The van der Waals surface area contributed by atoms with Gasteiger partial charge in [-0.2, -0.15) is 0 Å². The molecule has 3 aromatic carbocycles. The van der Waals surface area contributed by atoms with Gasteiger partial charge >= 0.3 is 0 Å². The van der Waals surface area contributed by atoms with Crippen LogP contribution in [0.3, 0.4) is 0 Å². The van der Waals surface area contributed by atoms with Gasteiger partial charge in [0, 0.05) is 34.4 Å². The molecule has 4 aromatic rings. The number of hydrogen-bond donors (Lipinski definition) is 2. The number of carbonyl (C=O) groups excluding carboxylic acids is 1. The van der Waals surface area contributed by atoms with Crippen molar-refractivity contribution in [2.75, 3.05) is 24.8 Å². The summed E-state index contributed by atoms with van der Waals surface area (Å²) in [6.07, 6.45) is 1.58. The lowest BCUT2D eigenvalue weighted by molar-refractivity contribution is 0.0968. The second-order valence-corrected chi connectivity index (χ2v) is 8.73. The molecule has 1 atom stereocenters. The van der Waals surface area contributed by atoms with Gasteiger partial charge in [-0.1, -0.05) is 24.3 Å². The van der Waals surface area contributed by atoms with Gasteiger partial charge in [-0.15, -0.1) is 0 Å². The Labute approximate surface area is 207 Å². The first-order valence-corrected chi connectivity index (χ1v) is 11.7. The third-order valence-electron chi connectivity index (χ3n) is 6.47. The van der Waals surface area contributed by atoms with Crippen molar-refractivity contribution in [1.29, 1.82) is 0 Å². The molecule has 0 spiro atoms. The molecule has 0 aliphatic carbocycles. The molecule has 3 N–H and O–H groups in total. The molecule has 8 heteroatoms. The van der Waals surface area contributed by atoms with Crippen LogP contribution in [-0.2, 0) is 11.3 Å². The lowest BCUT2D eigenvalue weighted by atomic mass is 9.98. The second kappa shape index (κ2) is 9.83. The fourth-order valence-electron chi connectivity index (χ4n) is 4.61. The summed E-state index contributed by atoms with van der Waals surface area (Å²) in [4.78, 5) is 26.4. The van der Waals surface area contributed by atoms with Crippen LogP contribution in [0.5, 0.6) is 5.75 Å². The van der Waals surface area contributed by atoms with Crippen LogP contribution in [0, 0.1) is 5.82 Å². The molecule has 1 aliphatic heterocycles. The van der Waals surface area contributed by atoms with Crippen molar-refractivity contribution in [3.8, 4) is 16.9 Å². The number of rotatable bonds is 6. The van der Waals surface area contributed by atoms with Crippen LogP contribution >= 0.6 is 0 Å². The smallest absolute Gasteiger partial charge is 0.260 e. The van der Waals surface area contributed by atoms with Gasteiger partial charge in [0.2, 0.25) is 0 Å². The molecule has 0 saturated carbocycles. The number of anilines is 2. The Morgan fingerprint density at radius 3 is 2.61 bits per heavy atom. The first kappa shape index (κ1) is 23.6. The molecule has 1 aliphatic rings. The lowest BCUT2D eigenvalue weighted by Gasteiger charge is -2.20. The second-order valence-electron chi connectivity index (χ2n) is 8.73. The van der Waals surface area contributed by atoms with E-state index in [0.29, 0.717) is 45.5 Å². The Kier molecular flexibility index (Phi) is 6.43. The summed E-state index contributed by atoms with van der Waals surface area (Å²) in [6.45, 7) is 0.902. The molecule has 1 amide bonds. The molecule has 5 rings (SSSR count). The van der Waals surface area contributed by atoms with Gasteiger partial charge in [-0.25, -0.2) is 4.39 Å². The van der Waals surface area contributed by atoms with Crippen LogP contribution < -0.4 is 21.3 Å². The number of nitrogens with one attached hydrogen (secondary N) is 1. The molecule has 2 heterocycles. The van der Waals surface area contributed by atoms with Gasteiger partial charge in [0.25, 0.3) is 11.5 Å². The van der Waals surface area contributed by atoms with Gasteiger partial charge in [0.1, 0.15) is 17.4 Å². The van der Waals surface area contributed by atoms with E-state index in [9.17, 15) is 14.0 Å². The van der Waals surface area contributed by atoms with E-state index >= 15 is 0 Å². The number of ether oxygens (including phenoxy) is 2. The van der Waals surface area contributed by atoms with Crippen LogP contribution in [0.2, 0.25) is 0 Å². The number of methoxy groups -OCH3 is 1. The van der Waals surface area contributed by atoms with Gasteiger partial charge in [0.05, 0.1) is 19.8 Å². The SMILES string of the molecule is COc1ccc(C(=O)Nc2ccc3c(-c4ccccc4F)c(N)n(C[C@@H]4CCCO4)c(=O)c3c2)cc1. The minimum Gasteiger partial charge on any atom is -0.497 e. The number of fused-ring (bicyclic) bond motifs is 1. The Morgan fingerprint density at radius 1 is 1.14 bits per heavy atom. The van der Waals surface area contributed by atoms with Crippen molar-refractivity contribution in [1.82, 2.24) is 4.57 Å². The molecule has 1 saturated heterocycles. The van der Waals surface area contributed by atoms with Crippen LogP contribution in [0.25, 0.3) is 21.9 Å². The Bertz CT molecular complexity index is 1490. The minimum absolute atomic E-state index is 0.145. The van der Waals surface area contributed by atoms with Crippen molar-refractivity contribution in [2.45, 2.75) is 25.5 Å². The van der Waals surface area contributed by atoms with Crippen LogP contribution in [0.4, 0.5) is 15.9 Å². The van der Waals surface area contributed by atoms with Crippen molar-refractivity contribution < 1.29 is 18.7 Å². The number of aromatic nitrogens is 1. The third-order valence-corrected chi connectivity index (χ3v) is 6.47. The summed E-state index contributed by atoms with van der Waals surface area (Å²) < 4.78 is 27.2. The molecule has 1 aromatic heterocycles. The predicted molar refractivity (Wildman–Crippen MR) is 138 cm³/mol. The lowest BCUT2D eigenvalue weighted by Crippen LogP contribution is -2.29. The average Bonchev–Trinajstić information content (AvgIpc) is 3.41. The van der Waals surface area contributed by atoms with Crippen LogP contribution in [0.15, 0.2) is 71.5 Å². The highest BCUT2D eigenvalue weighted by Crippen LogP contribution is 2.35. The predicted octanol–water partition coefficient (Wildman–Crippen LogP) is 4.83. The molecular formula is C28H26FN3O4.